The maximum absolute atomic E-state index is 9.94. The van der Waals surface area contributed by atoms with Crippen LogP contribution in [0.2, 0.25) is 0 Å². The Labute approximate surface area is 99.5 Å². The highest BCUT2D eigenvalue weighted by atomic mass is 32.1. The zero-order valence-corrected chi connectivity index (χ0v) is 10.9. The van der Waals surface area contributed by atoms with E-state index in [0.29, 0.717) is 12.0 Å². The van der Waals surface area contributed by atoms with Crippen molar-refractivity contribution in [2.24, 2.45) is 5.92 Å². The predicted molar refractivity (Wildman–Crippen MR) is 68.5 cm³/mol. The van der Waals surface area contributed by atoms with Gasteiger partial charge in [0.05, 0.1) is 6.10 Å². The lowest BCUT2D eigenvalue weighted by molar-refractivity contribution is 0.0268. The number of nitrogens with zero attached hydrogens (tertiary/aromatic N) is 1. The Balaban J connectivity index is 2.40. The van der Waals surface area contributed by atoms with Gasteiger partial charge in [-0.1, -0.05) is 26.2 Å². The average molecular weight is 231 g/mol. The van der Waals surface area contributed by atoms with E-state index in [1.807, 2.05) is 0 Å². The molecule has 1 saturated carbocycles. The monoisotopic (exact) mass is 231 g/mol. The topological polar surface area (TPSA) is 23.5 Å². The lowest BCUT2D eigenvalue weighted by Gasteiger charge is -2.36. The highest BCUT2D eigenvalue weighted by Gasteiger charge is 2.27. The van der Waals surface area contributed by atoms with Crippen molar-refractivity contribution in [2.45, 2.75) is 51.2 Å². The third-order valence-corrected chi connectivity index (χ3v) is 4.16. The van der Waals surface area contributed by atoms with Gasteiger partial charge < -0.3 is 10.0 Å². The van der Waals surface area contributed by atoms with Gasteiger partial charge in [0.15, 0.2) is 0 Å². The van der Waals surface area contributed by atoms with Gasteiger partial charge in [0.1, 0.15) is 0 Å². The van der Waals surface area contributed by atoms with Gasteiger partial charge in [-0.15, -0.1) is 0 Å². The molecule has 0 bridgehead atoms. The second kappa shape index (κ2) is 6.77. The summed E-state index contributed by atoms with van der Waals surface area (Å²) in [6, 6.07) is 0.382. The molecule has 0 aliphatic heterocycles. The number of thiol groups is 1. The molecule has 1 rings (SSSR count). The molecule has 1 aliphatic carbocycles. The van der Waals surface area contributed by atoms with Gasteiger partial charge >= 0.3 is 0 Å². The van der Waals surface area contributed by atoms with Gasteiger partial charge in [-0.3, -0.25) is 0 Å². The van der Waals surface area contributed by atoms with Crippen LogP contribution >= 0.6 is 12.6 Å². The predicted octanol–water partition coefficient (Wildman–Crippen LogP) is 2.18. The number of rotatable bonds is 5. The standard InChI is InChI=1S/C12H25NOS/c1-3-10(9-15)8-13(2)11-6-4-5-7-12(11)14/h10-12,14-15H,3-9H2,1-2H3. The van der Waals surface area contributed by atoms with E-state index >= 15 is 0 Å². The van der Waals surface area contributed by atoms with Crippen molar-refractivity contribution in [1.82, 2.24) is 4.90 Å². The molecule has 3 unspecified atom stereocenters. The summed E-state index contributed by atoms with van der Waals surface area (Å²) in [7, 11) is 2.14. The van der Waals surface area contributed by atoms with E-state index in [1.165, 1.54) is 19.3 Å². The summed E-state index contributed by atoms with van der Waals surface area (Å²) in [6.07, 6.45) is 5.66. The molecule has 15 heavy (non-hydrogen) atoms. The molecule has 0 radical (unpaired) electrons. The number of hydrogen-bond donors (Lipinski definition) is 2. The summed E-state index contributed by atoms with van der Waals surface area (Å²) < 4.78 is 0. The van der Waals surface area contributed by atoms with Gasteiger partial charge in [0.25, 0.3) is 0 Å². The highest BCUT2D eigenvalue weighted by molar-refractivity contribution is 7.80. The van der Waals surface area contributed by atoms with Gasteiger partial charge in [-0.25, -0.2) is 0 Å². The fourth-order valence-corrected chi connectivity index (χ4v) is 2.84. The molecule has 2 nitrogen and oxygen atoms in total. The van der Waals surface area contributed by atoms with Gasteiger partial charge in [-0.2, -0.15) is 12.6 Å². The van der Waals surface area contributed by atoms with Crippen LogP contribution in [0.4, 0.5) is 0 Å². The third kappa shape index (κ3) is 3.97. The third-order valence-electron chi connectivity index (χ3n) is 3.64. The fourth-order valence-electron chi connectivity index (χ4n) is 2.46. The Morgan fingerprint density at radius 1 is 1.40 bits per heavy atom. The molecule has 1 N–H and O–H groups in total. The molecule has 0 saturated heterocycles. The molecule has 90 valence electrons. The maximum atomic E-state index is 9.94. The maximum Gasteiger partial charge on any atom is 0.0695 e. The largest absolute Gasteiger partial charge is 0.391 e. The molecule has 0 aromatic carbocycles. The summed E-state index contributed by atoms with van der Waals surface area (Å²) in [5.41, 5.74) is 0. The SMILES string of the molecule is CCC(CS)CN(C)C1CCCCC1O. The summed E-state index contributed by atoms with van der Waals surface area (Å²) in [5.74, 6) is 1.61. The van der Waals surface area contributed by atoms with Crippen LogP contribution in [-0.2, 0) is 0 Å². The van der Waals surface area contributed by atoms with Crippen LogP contribution in [0.3, 0.4) is 0 Å². The van der Waals surface area contributed by atoms with Crippen LogP contribution < -0.4 is 0 Å². The second-order valence-electron chi connectivity index (χ2n) is 4.82. The Morgan fingerprint density at radius 2 is 2.07 bits per heavy atom. The van der Waals surface area contributed by atoms with Gasteiger partial charge in [-0.05, 0) is 31.6 Å². The van der Waals surface area contributed by atoms with Crippen molar-refractivity contribution in [3.63, 3.8) is 0 Å². The Kier molecular flexibility index (Phi) is 6.02. The molecule has 1 fully saturated rings. The first-order valence-corrected chi connectivity index (χ1v) is 6.81. The zero-order valence-electron chi connectivity index (χ0n) is 10.0. The van der Waals surface area contributed by atoms with Gasteiger partial charge in [0, 0.05) is 12.6 Å². The molecule has 0 spiro atoms. The van der Waals surface area contributed by atoms with Gasteiger partial charge in [0.2, 0.25) is 0 Å². The minimum Gasteiger partial charge on any atom is -0.391 e. The summed E-state index contributed by atoms with van der Waals surface area (Å²) in [6.45, 7) is 3.29. The van der Waals surface area contributed by atoms with E-state index in [1.54, 1.807) is 0 Å². The molecule has 0 heterocycles. The van der Waals surface area contributed by atoms with E-state index in [2.05, 4.69) is 31.5 Å². The van der Waals surface area contributed by atoms with Crippen LogP contribution in [0.15, 0.2) is 0 Å². The van der Waals surface area contributed by atoms with Crippen molar-refractivity contribution in [3.8, 4) is 0 Å². The second-order valence-corrected chi connectivity index (χ2v) is 5.18. The van der Waals surface area contributed by atoms with E-state index in [4.69, 9.17) is 0 Å². The van der Waals surface area contributed by atoms with Crippen molar-refractivity contribution < 1.29 is 5.11 Å². The minimum atomic E-state index is -0.110. The molecule has 3 heteroatoms. The van der Waals surface area contributed by atoms with Crippen LogP contribution in [-0.4, -0.2) is 41.5 Å². The molecular weight excluding hydrogens is 206 g/mol. The van der Waals surface area contributed by atoms with Crippen molar-refractivity contribution in [3.05, 3.63) is 0 Å². The first-order chi connectivity index (χ1) is 7.19. The number of aliphatic hydroxyl groups excluding tert-OH is 1. The first kappa shape index (κ1) is 13.3. The van der Waals surface area contributed by atoms with Crippen LogP contribution in [0.1, 0.15) is 39.0 Å². The van der Waals surface area contributed by atoms with Crippen molar-refractivity contribution in [2.75, 3.05) is 19.3 Å². The smallest absolute Gasteiger partial charge is 0.0695 e. The Morgan fingerprint density at radius 3 is 2.60 bits per heavy atom. The van der Waals surface area contributed by atoms with Crippen LogP contribution in [0, 0.1) is 5.92 Å². The molecule has 1 aliphatic rings. The van der Waals surface area contributed by atoms with Crippen molar-refractivity contribution >= 4 is 12.6 Å². The fraction of sp³-hybridized carbons (Fsp3) is 1.00. The number of likely N-dealkylation sites (N-methyl/N-ethyl adjacent to an activating group) is 1. The Hall–Kier alpha value is 0.270. The Bertz CT molecular complexity index is 173. The quantitative estimate of drug-likeness (QED) is 0.709. The van der Waals surface area contributed by atoms with E-state index < -0.39 is 0 Å². The summed E-state index contributed by atoms with van der Waals surface area (Å²) in [4.78, 5) is 2.34. The zero-order chi connectivity index (χ0) is 11.3. The van der Waals surface area contributed by atoms with Crippen LogP contribution in [0.5, 0.6) is 0 Å². The lowest BCUT2D eigenvalue weighted by atomic mass is 9.91. The lowest BCUT2D eigenvalue weighted by Crippen LogP contribution is -2.45. The summed E-state index contributed by atoms with van der Waals surface area (Å²) >= 11 is 4.37. The summed E-state index contributed by atoms with van der Waals surface area (Å²) in [5, 5.41) is 9.94. The molecule has 0 aromatic heterocycles. The number of hydrogen-bond acceptors (Lipinski definition) is 3. The molecule has 0 amide bonds. The van der Waals surface area contributed by atoms with Crippen LogP contribution in [0.25, 0.3) is 0 Å². The highest BCUT2D eigenvalue weighted by Crippen LogP contribution is 2.23. The van der Waals surface area contributed by atoms with E-state index in [9.17, 15) is 5.11 Å². The average Bonchev–Trinajstić information content (AvgIpc) is 2.26. The minimum absolute atomic E-state index is 0.110. The molecule has 3 atom stereocenters. The van der Waals surface area contributed by atoms with Crippen molar-refractivity contribution in [1.29, 1.82) is 0 Å². The first-order valence-electron chi connectivity index (χ1n) is 6.18. The molecular formula is C12H25NOS. The normalized spacial score (nSPS) is 29.4. The van der Waals surface area contributed by atoms with E-state index in [0.717, 1.165) is 25.1 Å². The van der Waals surface area contributed by atoms with E-state index in [-0.39, 0.29) is 6.10 Å². The molecule has 0 aromatic rings. The number of aliphatic hydroxyl groups is 1.